The Bertz CT molecular complexity index is 328. The third kappa shape index (κ3) is 2.46. The molecule has 2 nitrogen and oxygen atoms in total. The zero-order valence-electron chi connectivity index (χ0n) is 9.27. The Labute approximate surface area is 90.9 Å². The van der Waals surface area contributed by atoms with Gasteiger partial charge in [-0.1, -0.05) is 42.5 Å². The van der Waals surface area contributed by atoms with Gasteiger partial charge in [-0.15, -0.1) is 0 Å². The number of aliphatic hydroxyl groups is 2. The van der Waals surface area contributed by atoms with Crippen molar-refractivity contribution in [3.05, 3.63) is 48.0 Å². The molecule has 0 aromatic heterocycles. The standard InChI is InChI=1S/C13H18O2/c1-10(2)12(9-14)13(3,15)11-7-5-4-6-8-11/h4-8,12,14-15H,1,9H2,2-3H3/t12-,13+/m0/s1. The second kappa shape index (κ2) is 4.60. The van der Waals surface area contributed by atoms with Crippen molar-refractivity contribution in [2.45, 2.75) is 19.4 Å². The second-order valence-electron chi connectivity index (χ2n) is 4.10. The van der Waals surface area contributed by atoms with Gasteiger partial charge in [-0.2, -0.15) is 0 Å². The molecule has 1 aromatic carbocycles. The predicted molar refractivity (Wildman–Crippen MR) is 61.4 cm³/mol. The Hall–Kier alpha value is -1.12. The van der Waals surface area contributed by atoms with Gasteiger partial charge in [0.2, 0.25) is 0 Å². The number of hydrogen-bond donors (Lipinski definition) is 2. The Kier molecular flexibility index (Phi) is 3.66. The summed E-state index contributed by atoms with van der Waals surface area (Å²) in [6.45, 7) is 7.22. The summed E-state index contributed by atoms with van der Waals surface area (Å²) in [5.41, 5.74) is 0.514. The molecular formula is C13H18O2. The molecule has 82 valence electrons. The molecule has 0 aliphatic heterocycles. The number of aliphatic hydroxyl groups excluding tert-OH is 1. The van der Waals surface area contributed by atoms with Crippen molar-refractivity contribution in [3.8, 4) is 0 Å². The van der Waals surface area contributed by atoms with Crippen molar-refractivity contribution in [2.24, 2.45) is 5.92 Å². The third-order valence-electron chi connectivity index (χ3n) is 2.81. The zero-order chi connectivity index (χ0) is 11.5. The summed E-state index contributed by atoms with van der Waals surface area (Å²) in [6, 6.07) is 9.35. The van der Waals surface area contributed by atoms with Crippen molar-refractivity contribution in [3.63, 3.8) is 0 Å². The van der Waals surface area contributed by atoms with E-state index in [9.17, 15) is 10.2 Å². The minimum absolute atomic E-state index is 0.1000. The zero-order valence-corrected chi connectivity index (χ0v) is 9.27. The van der Waals surface area contributed by atoms with E-state index < -0.39 is 5.60 Å². The van der Waals surface area contributed by atoms with Crippen LogP contribution in [-0.2, 0) is 5.60 Å². The molecule has 2 heteroatoms. The lowest BCUT2D eigenvalue weighted by atomic mass is 9.80. The molecule has 0 aliphatic carbocycles. The van der Waals surface area contributed by atoms with Gasteiger partial charge in [0.1, 0.15) is 0 Å². The van der Waals surface area contributed by atoms with E-state index in [2.05, 4.69) is 6.58 Å². The number of benzene rings is 1. The number of rotatable bonds is 4. The van der Waals surface area contributed by atoms with Crippen molar-refractivity contribution < 1.29 is 10.2 Å². The van der Waals surface area contributed by atoms with Crippen molar-refractivity contribution in [1.82, 2.24) is 0 Å². The summed E-state index contributed by atoms with van der Waals surface area (Å²) >= 11 is 0. The smallest absolute Gasteiger partial charge is 0.0955 e. The van der Waals surface area contributed by atoms with E-state index in [1.54, 1.807) is 6.92 Å². The van der Waals surface area contributed by atoms with E-state index >= 15 is 0 Å². The summed E-state index contributed by atoms with van der Waals surface area (Å²) in [7, 11) is 0. The molecule has 0 saturated heterocycles. The van der Waals surface area contributed by atoms with Crippen LogP contribution >= 0.6 is 0 Å². The Morgan fingerprint density at radius 3 is 2.33 bits per heavy atom. The van der Waals surface area contributed by atoms with Gasteiger partial charge >= 0.3 is 0 Å². The average molecular weight is 206 g/mol. The topological polar surface area (TPSA) is 40.5 Å². The highest BCUT2D eigenvalue weighted by Crippen LogP contribution is 2.32. The van der Waals surface area contributed by atoms with Crippen LogP contribution in [0.2, 0.25) is 0 Å². The fourth-order valence-corrected chi connectivity index (χ4v) is 1.79. The molecule has 1 aromatic rings. The molecule has 1 rings (SSSR count). The third-order valence-corrected chi connectivity index (χ3v) is 2.81. The van der Waals surface area contributed by atoms with Crippen LogP contribution in [0.4, 0.5) is 0 Å². The summed E-state index contributed by atoms with van der Waals surface area (Å²) in [5.74, 6) is -0.333. The molecule has 0 fully saturated rings. The van der Waals surface area contributed by atoms with Gasteiger partial charge in [-0.3, -0.25) is 0 Å². The first-order valence-electron chi connectivity index (χ1n) is 5.04. The van der Waals surface area contributed by atoms with E-state index in [1.165, 1.54) is 0 Å². The molecule has 0 heterocycles. The van der Waals surface area contributed by atoms with Crippen LogP contribution in [0.5, 0.6) is 0 Å². The molecule has 0 amide bonds. The average Bonchev–Trinajstić information content (AvgIpc) is 2.19. The van der Waals surface area contributed by atoms with E-state index in [-0.39, 0.29) is 12.5 Å². The first kappa shape index (κ1) is 12.0. The second-order valence-corrected chi connectivity index (χ2v) is 4.10. The van der Waals surface area contributed by atoms with Crippen LogP contribution in [0.25, 0.3) is 0 Å². The maximum Gasteiger partial charge on any atom is 0.0955 e. The fourth-order valence-electron chi connectivity index (χ4n) is 1.79. The number of hydrogen-bond acceptors (Lipinski definition) is 2. The van der Waals surface area contributed by atoms with Crippen LogP contribution in [-0.4, -0.2) is 16.8 Å². The lowest BCUT2D eigenvalue weighted by Gasteiger charge is -2.32. The van der Waals surface area contributed by atoms with Crippen molar-refractivity contribution >= 4 is 0 Å². The van der Waals surface area contributed by atoms with Crippen LogP contribution in [0.1, 0.15) is 19.4 Å². The summed E-state index contributed by atoms with van der Waals surface area (Å²) in [5, 5.41) is 19.7. The fraction of sp³-hybridized carbons (Fsp3) is 0.385. The summed E-state index contributed by atoms with van der Waals surface area (Å²) < 4.78 is 0. The largest absolute Gasteiger partial charge is 0.396 e. The minimum atomic E-state index is -1.07. The highest BCUT2D eigenvalue weighted by Gasteiger charge is 2.33. The SMILES string of the molecule is C=C(C)[C@H](CO)[C@](C)(O)c1ccccc1. The van der Waals surface area contributed by atoms with Gasteiger partial charge in [-0.05, 0) is 19.4 Å². The molecule has 0 spiro atoms. The van der Waals surface area contributed by atoms with Crippen molar-refractivity contribution in [1.29, 1.82) is 0 Å². The molecule has 0 aliphatic rings. The lowest BCUT2D eigenvalue weighted by molar-refractivity contribution is -0.0128. The summed E-state index contributed by atoms with van der Waals surface area (Å²) in [4.78, 5) is 0. The van der Waals surface area contributed by atoms with Crippen LogP contribution in [0.3, 0.4) is 0 Å². The van der Waals surface area contributed by atoms with E-state index in [1.807, 2.05) is 37.3 Å². The quantitative estimate of drug-likeness (QED) is 0.740. The van der Waals surface area contributed by atoms with Gasteiger partial charge in [0.15, 0.2) is 0 Å². The van der Waals surface area contributed by atoms with Gasteiger partial charge < -0.3 is 10.2 Å². The van der Waals surface area contributed by atoms with E-state index in [0.29, 0.717) is 0 Å². The predicted octanol–water partition coefficient (Wildman–Crippen LogP) is 2.08. The Balaban J connectivity index is 3.05. The molecule has 2 atom stereocenters. The van der Waals surface area contributed by atoms with Crippen LogP contribution in [0.15, 0.2) is 42.5 Å². The molecule has 2 N–H and O–H groups in total. The molecule has 0 unspecified atom stereocenters. The highest BCUT2D eigenvalue weighted by molar-refractivity contribution is 5.25. The first-order chi connectivity index (χ1) is 7.00. The highest BCUT2D eigenvalue weighted by atomic mass is 16.3. The molecule has 0 bridgehead atoms. The van der Waals surface area contributed by atoms with Crippen LogP contribution < -0.4 is 0 Å². The molecular weight excluding hydrogens is 188 g/mol. The van der Waals surface area contributed by atoms with E-state index in [4.69, 9.17) is 0 Å². The van der Waals surface area contributed by atoms with Crippen molar-refractivity contribution in [2.75, 3.05) is 6.61 Å². The molecule has 15 heavy (non-hydrogen) atoms. The maximum atomic E-state index is 10.4. The van der Waals surface area contributed by atoms with Gasteiger partial charge in [0.25, 0.3) is 0 Å². The van der Waals surface area contributed by atoms with Gasteiger partial charge in [-0.25, -0.2) is 0 Å². The molecule has 0 radical (unpaired) electrons. The maximum absolute atomic E-state index is 10.4. The normalized spacial score (nSPS) is 16.8. The van der Waals surface area contributed by atoms with Gasteiger partial charge in [0, 0.05) is 5.92 Å². The summed E-state index contributed by atoms with van der Waals surface area (Å²) in [6.07, 6.45) is 0. The van der Waals surface area contributed by atoms with E-state index in [0.717, 1.165) is 11.1 Å². The molecule has 0 saturated carbocycles. The lowest BCUT2D eigenvalue weighted by Crippen LogP contribution is -2.34. The Morgan fingerprint density at radius 2 is 1.93 bits per heavy atom. The van der Waals surface area contributed by atoms with Gasteiger partial charge in [0.05, 0.1) is 12.2 Å². The van der Waals surface area contributed by atoms with Crippen LogP contribution in [0, 0.1) is 5.92 Å². The minimum Gasteiger partial charge on any atom is -0.396 e. The Morgan fingerprint density at radius 1 is 1.40 bits per heavy atom. The monoisotopic (exact) mass is 206 g/mol. The first-order valence-corrected chi connectivity index (χ1v) is 5.04.